The van der Waals surface area contributed by atoms with Crippen LogP contribution in [-0.2, 0) is 6.18 Å². The van der Waals surface area contributed by atoms with Crippen LogP contribution in [0.1, 0.15) is 16.7 Å². The van der Waals surface area contributed by atoms with Crippen molar-refractivity contribution in [3.05, 3.63) is 99.1 Å². The van der Waals surface area contributed by atoms with Crippen LogP contribution >= 0.6 is 0 Å². The number of benzene rings is 2. The lowest BCUT2D eigenvalue weighted by atomic mass is 10.1. The normalized spacial score (nSPS) is 11.5. The van der Waals surface area contributed by atoms with Crippen molar-refractivity contribution in [2.24, 2.45) is 5.10 Å². The second-order valence-corrected chi connectivity index (χ2v) is 6.04. The minimum Gasteiger partial charge on any atom is -0.281 e. The van der Waals surface area contributed by atoms with Gasteiger partial charge in [-0.25, -0.2) is 9.52 Å². The third-order valence-corrected chi connectivity index (χ3v) is 4.05. The van der Waals surface area contributed by atoms with Crippen LogP contribution in [0.2, 0.25) is 0 Å². The summed E-state index contributed by atoms with van der Waals surface area (Å²) in [5.74, 6) is 0. The molecule has 0 radical (unpaired) electrons. The van der Waals surface area contributed by atoms with E-state index in [2.05, 4.69) is 9.95 Å². The number of hydrogen-bond donors (Lipinski definition) is 0. The topological polar surface area (TPSA) is 38.7 Å². The number of aryl methyl sites for hydroxylation is 1. The summed E-state index contributed by atoms with van der Waals surface area (Å²) in [7, 11) is 0. The molecule has 0 saturated carbocycles. The van der Waals surface area contributed by atoms with Crippen molar-refractivity contribution in [3.8, 4) is 11.3 Å². The van der Waals surface area contributed by atoms with Crippen molar-refractivity contribution in [3.63, 3.8) is 0 Å². The first-order valence-electron chi connectivity index (χ1n) is 8.22. The van der Waals surface area contributed by atoms with Crippen LogP contribution in [0.25, 0.3) is 16.1 Å². The monoisotopic (exact) mass is 381 g/mol. The van der Waals surface area contributed by atoms with Gasteiger partial charge in [0.25, 0.3) is 11.2 Å². The maximum absolute atomic E-state index is 13.4. The average Bonchev–Trinajstić information content (AvgIpc) is 2.67. The van der Waals surface area contributed by atoms with E-state index in [1.165, 1.54) is 6.21 Å². The van der Waals surface area contributed by atoms with Gasteiger partial charge in [0.2, 0.25) is 0 Å². The van der Waals surface area contributed by atoms with Gasteiger partial charge in [-0.1, -0.05) is 60.2 Å². The summed E-state index contributed by atoms with van der Waals surface area (Å²) in [6, 6.07) is 16.2. The Kier molecular flexibility index (Phi) is 5.14. The van der Waals surface area contributed by atoms with E-state index in [1.807, 2.05) is 19.1 Å². The number of alkyl halides is 3. The van der Waals surface area contributed by atoms with Crippen molar-refractivity contribution in [2.75, 3.05) is 0 Å². The first kappa shape index (κ1) is 19.1. The Morgan fingerprint density at radius 2 is 1.71 bits per heavy atom. The van der Waals surface area contributed by atoms with Gasteiger partial charge in [0.15, 0.2) is 0 Å². The van der Waals surface area contributed by atoms with Gasteiger partial charge in [-0.05, 0) is 18.6 Å². The van der Waals surface area contributed by atoms with E-state index in [4.69, 9.17) is 6.57 Å². The highest BCUT2D eigenvalue weighted by Gasteiger charge is 2.36. The average molecular weight is 381 g/mol. The minimum absolute atomic E-state index is 0.0475. The molecule has 3 aromatic rings. The van der Waals surface area contributed by atoms with Gasteiger partial charge in [-0.2, -0.15) is 18.3 Å². The van der Waals surface area contributed by atoms with E-state index < -0.39 is 23.0 Å². The minimum atomic E-state index is -4.83. The van der Waals surface area contributed by atoms with Gasteiger partial charge in [0, 0.05) is 5.56 Å². The molecule has 2 aromatic carbocycles. The summed E-state index contributed by atoms with van der Waals surface area (Å²) in [4.78, 5) is 15.5. The van der Waals surface area contributed by atoms with Gasteiger partial charge in [-0.15, -0.1) is 0 Å². The predicted octanol–water partition coefficient (Wildman–Crippen LogP) is 5.28. The molecule has 28 heavy (non-hydrogen) atoms. The van der Waals surface area contributed by atoms with Crippen LogP contribution in [-0.4, -0.2) is 10.9 Å². The number of rotatable bonds is 3. The van der Waals surface area contributed by atoms with Crippen molar-refractivity contribution >= 4 is 11.9 Å². The summed E-state index contributed by atoms with van der Waals surface area (Å²) in [5.41, 5.74) is -1.37. The Bertz CT molecular complexity index is 1120. The van der Waals surface area contributed by atoms with Crippen molar-refractivity contribution in [2.45, 2.75) is 13.1 Å². The molecule has 3 rings (SSSR count). The molecular formula is C21H14F3N3O. The molecule has 1 aromatic heterocycles. The second kappa shape index (κ2) is 7.53. The number of pyridine rings is 1. The molecule has 140 valence electrons. The lowest BCUT2D eigenvalue weighted by molar-refractivity contribution is -0.136. The first-order valence-corrected chi connectivity index (χ1v) is 8.22. The highest BCUT2D eigenvalue weighted by molar-refractivity contribution is 5.80. The standard InChI is InChI=1S/C21H14F3N3O/c1-14-8-10-15(11-9-14)13-26-27-18(16-6-4-3-5-7-16)12-17(21(22,23)24)19(25-2)20(27)28/h3-13H,1H3/b26-13-. The van der Waals surface area contributed by atoms with E-state index in [0.29, 0.717) is 11.1 Å². The highest BCUT2D eigenvalue weighted by Crippen LogP contribution is 2.36. The zero-order valence-corrected chi connectivity index (χ0v) is 14.7. The Morgan fingerprint density at radius 1 is 1.07 bits per heavy atom. The quantitative estimate of drug-likeness (QED) is 0.450. The molecular weight excluding hydrogens is 367 g/mol. The Morgan fingerprint density at radius 3 is 2.29 bits per heavy atom. The molecule has 0 spiro atoms. The molecule has 0 aliphatic heterocycles. The molecule has 0 saturated heterocycles. The summed E-state index contributed by atoms with van der Waals surface area (Å²) in [6.45, 7) is 8.97. The molecule has 1 heterocycles. The maximum atomic E-state index is 13.4. The highest BCUT2D eigenvalue weighted by atomic mass is 19.4. The molecule has 0 amide bonds. The summed E-state index contributed by atoms with van der Waals surface area (Å²) >= 11 is 0. The van der Waals surface area contributed by atoms with E-state index in [9.17, 15) is 18.0 Å². The van der Waals surface area contributed by atoms with Crippen LogP contribution < -0.4 is 5.56 Å². The fourth-order valence-electron chi connectivity index (χ4n) is 2.62. The third-order valence-electron chi connectivity index (χ3n) is 4.05. The van der Waals surface area contributed by atoms with Crippen LogP contribution in [0.5, 0.6) is 0 Å². The number of hydrogen-bond acceptors (Lipinski definition) is 2. The fraction of sp³-hybridized carbons (Fsp3) is 0.0952. The maximum Gasteiger partial charge on any atom is 0.407 e. The Balaban J connectivity index is 2.26. The fourth-order valence-corrected chi connectivity index (χ4v) is 2.62. The predicted molar refractivity (Wildman–Crippen MR) is 102 cm³/mol. The summed E-state index contributed by atoms with van der Waals surface area (Å²) in [6.07, 6.45) is -3.46. The molecule has 0 bridgehead atoms. The zero-order valence-electron chi connectivity index (χ0n) is 14.7. The number of aromatic nitrogens is 1. The summed E-state index contributed by atoms with van der Waals surface area (Å²) in [5, 5.41) is 4.08. The Hall–Kier alpha value is -3.66. The smallest absolute Gasteiger partial charge is 0.281 e. The van der Waals surface area contributed by atoms with Crippen molar-refractivity contribution in [1.29, 1.82) is 0 Å². The van der Waals surface area contributed by atoms with E-state index in [1.54, 1.807) is 42.5 Å². The lowest BCUT2D eigenvalue weighted by Crippen LogP contribution is -2.22. The first-order chi connectivity index (χ1) is 13.3. The SMILES string of the molecule is [C-]#[N+]c1c(C(F)(F)F)cc(-c2ccccc2)n(/N=C\c2ccc(C)cc2)c1=O. The molecule has 0 unspecified atom stereocenters. The zero-order chi connectivity index (χ0) is 20.3. The number of nitrogens with zero attached hydrogens (tertiary/aromatic N) is 3. The van der Waals surface area contributed by atoms with Gasteiger partial charge >= 0.3 is 6.18 Å². The van der Waals surface area contributed by atoms with Gasteiger partial charge in [0.05, 0.1) is 24.0 Å². The van der Waals surface area contributed by atoms with E-state index in [-0.39, 0.29) is 5.69 Å². The molecule has 4 nitrogen and oxygen atoms in total. The molecule has 7 heteroatoms. The molecule has 0 N–H and O–H groups in total. The van der Waals surface area contributed by atoms with Crippen molar-refractivity contribution < 1.29 is 13.2 Å². The Labute approximate surface area is 159 Å². The number of halogens is 3. The molecule has 0 atom stereocenters. The van der Waals surface area contributed by atoms with E-state index >= 15 is 0 Å². The molecule has 0 fully saturated rings. The molecule has 0 aliphatic rings. The van der Waals surface area contributed by atoms with Crippen molar-refractivity contribution in [1.82, 2.24) is 4.68 Å². The lowest BCUT2D eigenvalue weighted by Gasteiger charge is -2.14. The third kappa shape index (κ3) is 3.86. The van der Waals surface area contributed by atoms with Gasteiger partial charge in [0.1, 0.15) is 0 Å². The van der Waals surface area contributed by atoms with Gasteiger partial charge in [-0.3, -0.25) is 4.79 Å². The second-order valence-electron chi connectivity index (χ2n) is 6.04. The van der Waals surface area contributed by atoms with E-state index in [0.717, 1.165) is 16.3 Å². The molecule has 0 aliphatic carbocycles. The van der Waals surface area contributed by atoms with Crippen LogP contribution in [0.15, 0.2) is 70.6 Å². The van der Waals surface area contributed by atoms with Crippen LogP contribution in [0.3, 0.4) is 0 Å². The largest absolute Gasteiger partial charge is 0.407 e. The van der Waals surface area contributed by atoms with Crippen LogP contribution in [0, 0.1) is 13.5 Å². The van der Waals surface area contributed by atoms with Gasteiger partial charge < -0.3 is 0 Å². The summed E-state index contributed by atoms with van der Waals surface area (Å²) < 4.78 is 41.0. The van der Waals surface area contributed by atoms with Crippen LogP contribution in [0.4, 0.5) is 18.9 Å².